The molecule has 1 atom stereocenters. The number of aryl methyl sites for hydroxylation is 1. The van der Waals surface area contributed by atoms with Gasteiger partial charge in [-0.3, -0.25) is 4.79 Å². The normalized spacial score (nSPS) is 17.3. The number of carbonyl (C=O) groups excluding carboxylic acids is 2. The number of carbonyl (C=O) groups is 2. The van der Waals surface area contributed by atoms with Crippen LogP contribution in [-0.4, -0.2) is 44.3 Å². The lowest BCUT2D eigenvalue weighted by molar-refractivity contribution is -0.120. The maximum atomic E-state index is 12.9. The van der Waals surface area contributed by atoms with Gasteiger partial charge in [-0.25, -0.2) is 13.2 Å². The van der Waals surface area contributed by atoms with Crippen LogP contribution >= 0.6 is 0 Å². The van der Waals surface area contributed by atoms with Gasteiger partial charge >= 0.3 is 5.97 Å². The molecule has 1 amide bonds. The summed E-state index contributed by atoms with van der Waals surface area (Å²) in [6.45, 7) is 4.34. The average Bonchev–Trinajstić information content (AvgIpc) is 2.76. The van der Waals surface area contributed by atoms with Gasteiger partial charge in [0.1, 0.15) is 0 Å². The molecular weight excluding hydrogens is 404 g/mol. The highest BCUT2D eigenvalue weighted by molar-refractivity contribution is 7.89. The summed E-state index contributed by atoms with van der Waals surface area (Å²) in [5.74, 6) is -1.18. The van der Waals surface area contributed by atoms with Crippen molar-refractivity contribution in [3.8, 4) is 0 Å². The van der Waals surface area contributed by atoms with E-state index in [1.54, 1.807) is 55.5 Å². The first kappa shape index (κ1) is 22.0. The van der Waals surface area contributed by atoms with E-state index in [0.29, 0.717) is 30.6 Å². The molecule has 2 aromatic rings. The lowest BCUT2D eigenvalue weighted by Crippen LogP contribution is -2.43. The number of amides is 1. The third-order valence-corrected chi connectivity index (χ3v) is 7.02. The van der Waals surface area contributed by atoms with Crippen molar-refractivity contribution in [2.45, 2.75) is 31.6 Å². The zero-order chi connectivity index (χ0) is 21.7. The molecule has 0 saturated carbocycles. The van der Waals surface area contributed by atoms with E-state index >= 15 is 0 Å². The minimum atomic E-state index is -3.64. The summed E-state index contributed by atoms with van der Waals surface area (Å²) in [4.78, 5) is 25.1. The number of hydrogen-bond donors (Lipinski definition) is 1. The highest BCUT2D eigenvalue weighted by Gasteiger charge is 2.33. The zero-order valence-electron chi connectivity index (χ0n) is 17.1. The van der Waals surface area contributed by atoms with Crippen molar-refractivity contribution in [3.05, 3.63) is 59.7 Å². The average molecular weight is 431 g/mol. The smallest absolute Gasteiger partial charge is 0.338 e. The van der Waals surface area contributed by atoms with Crippen LogP contribution in [0, 0.1) is 12.8 Å². The second kappa shape index (κ2) is 9.40. The van der Waals surface area contributed by atoms with E-state index in [9.17, 15) is 18.0 Å². The molecule has 0 aromatic heterocycles. The van der Waals surface area contributed by atoms with E-state index in [1.165, 1.54) is 4.31 Å². The van der Waals surface area contributed by atoms with Gasteiger partial charge in [0.05, 0.1) is 23.0 Å². The Labute approximate surface area is 177 Å². The molecule has 1 fully saturated rings. The van der Waals surface area contributed by atoms with Gasteiger partial charge in [-0.2, -0.15) is 4.31 Å². The molecule has 160 valence electrons. The number of piperidine rings is 1. The number of rotatable bonds is 6. The number of sulfonamides is 1. The molecule has 1 N–H and O–H groups in total. The standard InChI is InChI=1S/C22H26N2O5S/c1-3-29-22(26)17-12-11-16(2)20(14-17)23-21(25)18-8-7-13-24(15-18)30(27,28)19-9-5-4-6-10-19/h4-6,9-12,14,18H,3,7-8,13,15H2,1-2H3,(H,23,25)/t18-/m0/s1. The van der Waals surface area contributed by atoms with Crippen molar-refractivity contribution in [2.24, 2.45) is 5.92 Å². The molecule has 1 aliphatic rings. The summed E-state index contributed by atoms with van der Waals surface area (Å²) in [6, 6.07) is 13.2. The molecule has 0 aliphatic carbocycles. The first-order chi connectivity index (χ1) is 14.3. The van der Waals surface area contributed by atoms with E-state index in [-0.39, 0.29) is 24.0 Å². The Bertz CT molecular complexity index is 1020. The molecule has 3 rings (SSSR count). The number of benzene rings is 2. The van der Waals surface area contributed by atoms with Crippen LogP contribution in [0.25, 0.3) is 0 Å². The van der Waals surface area contributed by atoms with E-state index in [1.807, 2.05) is 6.92 Å². The molecule has 2 aromatic carbocycles. The number of hydrogen-bond acceptors (Lipinski definition) is 5. The summed E-state index contributed by atoms with van der Waals surface area (Å²) in [7, 11) is -3.64. The first-order valence-corrected chi connectivity index (χ1v) is 11.4. The molecule has 1 aliphatic heterocycles. The third-order valence-electron chi connectivity index (χ3n) is 5.14. The van der Waals surface area contributed by atoms with E-state index in [2.05, 4.69) is 5.32 Å². The summed E-state index contributed by atoms with van der Waals surface area (Å²) in [5.41, 5.74) is 1.68. The molecule has 0 bridgehead atoms. The van der Waals surface area contributed by atoms with E-state index in [0.717, 1.165) is 5.56 Å². The Morgan fingerprint density at radius 3 is 2.60 bits per heavy atom. The van der Waals surface area contributed by atoms with Crippen LogP contribution in [0.1, 0.15) is 35.7 Å². The predicted octanol–water partition coefficient (Wildman–Crippen LogP) is 3.21. The van der Waals surface area contributed by atoms with Crippen molar-refractivity contribution in [1.29, 1.82) is 0 Å². The topological polar surface area (TPSA) is 92.8 Å². The largest absolute Gasteiger partial charge is 0.462 e. The lowest BCUT2D eigenvalue weighted by Gasteiger charge is -2.31. The minimum absolute atomic E-state index is 0.125. The quantitative estimate of drug-likeness (QED) is 0.711. The molecule has 0 unspecified atom stereocenters. The van der Waals surface area contributed by atoms with Crippen LogP contribution in [0.4, 0.5) is 5.69 Å². The number of esters is 1. The molecule has 1 saturated heterocycles. The van der Waals surface area contributed by atoms with Crippen molar-refractivity contribution in [1.82, 2.24) is 4.31 Å². The lowest BCUT2D eigenvalue weighted by atomic mass is 9.98. The molecule has 0 spiro atoms. The molecule has 30 heavy (non-hydrogen) atoms. The summed E-state index contributed by atoms with van der Waals surface area (Å²) < 4.78 is 32.2. The molecule has 7 nitrogen and oxygen atoms in total. The molecular formula is C22H26N2O5S. The van der Waals surface area contributed by atoms with Crippen molar-refractivity contribution in [2.75, 3.05) is 25.0 Å². The molecule has 8 heteroatoms. The maximum Gasteiger partial charge on any atom is 0.338 e. The van der Waals surface area contributed by atoms with Crippen LogP contribution < -0.4 is 5.32 Å². The fourth-order valence-corrected chi connectivity index (χ4v) is 4.99. The Balaban J connectivity index is 1.73. The van der Waals surface area contributed by atoms with Crippen molar-refractivity contribution < 1.29 is 22.7 Å². The van der Waals surface area contributed by atoms with E-state index in [4.69, 9.17) is 4.74 Å². The van der Waals surface area contributed by atoms with Gasteiger partial charge in [0, 0.05) is 18.8 Å². The first-order valence-electron chi connectivity index (χ1n) is 9.96. The van der Waals surface area contributed by atoms with Gasteiger partial charge < -0.3 is 10.1 Å². The van der Waals surface area contributed by atoms with Gasteiger partial charge in [0.25, 0.3) is 0 Å². The predicted molar refractivity (Wildman–Crippen MR) is 114 cm³/mol. The van der Waals surface area contributed by atoms with E-state index < -0.39 is 21.9 Å². The number of ether oxygens (including phenoxy) is 1. The summed E-state index contributed by atoms with van der Waals surface area (Å²) in [5, 5.41) is 2.86. The third kappa shape index (κ3) is 4.88. The van der Waals surface area contributed by atoms with Gasteiger partial charge in [0.2, 0.25) is 15.9 Å². The monoisotopic (exact) mass is 430 g/mol. The number of anilines is 1. The van der Waals surface area contributed by atoms with Crippen molar-refractivity contribution in [3.63, 3.8) is 0 Å². The number of nitrogens with one attached hydrogen (secondary N) is 1. The fraction of sp³-hybridized carbons (Fsp3) is 0.364. The van der Waals surface area contributed by atoms with Crippen LogP contribution in [0.2, 0.25) is 0 Å². The van der Waals surface area contributed by atoms with Crippen molar-refractivity contribution >= 4 is 27.6 Å². The SMILES string of the molecule is CCOC(=O)c1ccc(C)c(NC(=O)[C@H]2CCCN(S(=O)(=O)c3ccccc3)C2)c1. The fourth-order valence-electron chi connectivity index (χ4n) is 3.45. The maximum absolute atomic E-state index is 12.9. The van der Waals surface area contributed by atoms with Crippen LogP contribution in [0.3, 0.4) is 0 Å². The van der Waals surface area contributed by atoms with Gasteiger partial charge in [0.15, 0.2) is 0 Å². The Kier molecular flexibility index (Phi) is 6.89. The Morgan fingerprint density at radius 1 is 1.17 bits per heavy atom. The summed E-state index contributed by atoms with van der Waals surface area (Å²) in [6.07, 6.45) is 1.20. The zero-order valence-corrected chi connectivity index (χ0v) is 17.9. The second-order valence-corrected chi connectivity index (χ2v) is 9.19. The van der Waals surface area contributed by atoms with Gasteiger partial charge in [-0.05, 0) is 56.5 Å². The van der Waals surface area contributed by atoms with Gasteiger partial charge in [-0.15, -0.1) is 0 Å². The Hall–Kier alpha value is -2.71. The Morgan fingerprint density at radius 2 is 1.90 bits per heavy atom. The van der Waals surface area contributed by atoms with Crippen LogP contribution in [0.15, 0.2) is 53.4 Å². The summed E-state index contributed by atoms with van der Waals surface area (Å²) >= 11 is 0. The second-order valence-electron chi connectivity index (χ2n) is 7.25. The highest BCUT2D eigenvalue weighted by Crippen LogP contribution is 2.26. The van der Waals surface area contributed by atoms with Crippen LogP contribution in [0.5, 0.6) is 0 Å². The molecule has 1 heterocycles. The molecule has 0 radical (unpaired) electrons. The highest BCUT2D eigenvalue weighted by atomic mass is 32.2. The van der Waals surface area contributed by atoms with Gasteiger partial charge in [-0.1, -0.05) is 24.3 Å². The number of nitrogens with zero attached hydrogens (tertiary/aromatic N) is 1. The van der Waals surface area contributed by atoms with Crippen LogP contribution in [-0.2, 0) is 19.6 Å². The minimum Gasteiger partial charge on any atom is -0.462 e.